The molecule has 28 heavy (non-hydrogen) atoms. The van der Waals surface area contributed by atoms with Crippen LogP contribution in [0.2, 0.25) is 0 Å². The minimum atomic E-state index is -3.93. The predicted octanol–water partition coefficient (Wildman–Crippen LogP) is 1.54. The Hall–Kier alpha value is -3.26. The van der Waals surface area contributed by atoms with Gasteiger partial charge < -0.3 is 10.1 Å². The van der Waals surface area contributed by atoms with Gasteiger partial charge >= 0.3 is 5.97 Å². The van der Waals surface area contributed by atoms with Crippen LogP contribution in [-0.2, 0) is 24.4 Å². The van der Waals surface area contributed by atoms with Gasteiger partial charge in [-0.3, -0.25) is 9.63 Å². The summed E-state index contributed by atoms with van der Waals surface area (Å²) in [7, 11) is -1.53. The van der Waals surface area contributed by atoms with Crippen molar-refractivity contribution in [1.82, 2.24) is 4.47 Å². The first kappa shape index (κ1) is 21.0. The smallest absolute Gasteiger partial charge is 0.338 e. The molecule has 0 unspecified atom stereocenters. The van der Waals surface area contributed by atoms with Gasteiger partial charge in [0.1, 0.15) is 6.07 Å². The molecule has 0 aliphatic carbocycles. The Labute approximate surface area is 162 Å². The van der Waals surface area contributed by atoms with Crippen LogP contribution in [0.5, 0.6) is 0 Å². The number of carbonyl (C=O) groups excluding carboxylic acids is 2. The SMILES string of the molecule is CON(C)S(=O)(=O)c1cccc(C(=O)OCC(=O)Nc2ccccc2C#N)c1. The Balaban J connectivity index is 2.05. The molecule has 0 saturated carbocycles. The van der Waals surface area contributed by atoms with E-state index < -0.39 is 28.5 Å². The van der Waals surface area contributed by atoms with E-state index in [-0.39, 0.29) is 16.0 Å². The van der Waals surface area contributed by atoms with Crippen molar-refractivity contribution in [2.75, 3.05) is 26.1 Å². The number of nitrogens with one attached hydrogen (secondary N) is 1. The highest BCUT2D eigenvalue weighted by Crippen LogP contribution is 2.17. The van der Waals surface area contributed by atoms with Gasteiger partial charge in [0.15, 0.2) is 6.61 Å². The molecular weight excluding hydrogens is 386 g/mol. The molecule has 0 radical (unpaired) electrons. The number of nitrogens with zero attached hydrogens (tertiary/aromatic N) is 2. The molecule has 10 heteroatoms. The largest absolute Gasteiger partial charge is 0.452 e. The van der Waals surface area contributed by atoms with Crippen LogP contribution < -0.4 is 5.32 Å². The van der Waals surface area contributed by atoms with Gasteiger partial charge in [-0.05, 0) is 30.3 Å². The van der Waals surface area contributed by atoms with Crippen LogP contribution in [-0.4, -0.2) is 45.5 Å². The van der Waals surface area contributed by atoms with E-state index in [4.69, 9.17) is 10.00 Å². The van der Waals surface area contributed by atoms with E-state index in [9.17, 15) is 18.0 Å². The summed E-state index contributed by atoms with van der Waals surface area (Å²) >= 11 is 0. The minimum absolute atomic E-state index is 0.0456. The number of benzene rings is 2. The lowest BCUT2D eigenvalue weighted by Crippen LogP contribution is -2.26. The van der Waals surface area contributed by atoms with Gasteiger partial charge in [-0.15, -0.1) is 0 Å². The summed E-state index contributed by atoms with van der Waals surface area (Å²) in [5, 5.41) is 11.5. The standard InChI is InChI=1S/C18H17N3O6S/c1-21(26-2)28(24,25)15-8-5-7-13(10-15)18(23)27-12-17(22)20-16-9-4-3-6-14(16)11-19/h3-10H,12H2,1-2H3,(H,20,22). The van der Waals surface area contributed by atoms with Gasteiger partial charge in [-0.25, -0.2) is 13.2 Å². The number of ether oxygens (including phenoxy) is 1. The summed E-state index contributed by atoms with van der Waals surface area (Å²) in [6, 6.07) is 13.4. The summed E-state index contributed by atoms with van der Waals surface area (Å²) < 4.78 is 30.0. The quantitative estimate of drug-likeness (QED) is 0.549. The molecule has 0 aromatic heterocycles. The highest BCUT2D eigenvalue weighted by atomic mass is 32.2. The molecule has 0 spiro atoms. The molecule has 0 saturated heterocycles. The van der Waals surface area contributed by atoms with Crippen LogP contribution in [0.15, 0.2) is 53.4 Å². The average molecular weight is 403 g/mol. The number of hydrogen-bond donors (Lipinski definition) is 1. The Morgan fingerprint density at radius 2 is 1.89 bits per heavy atom. The molecule has 146 valence electrons. The van der Waals surface area contributed by atoms with Crippen molar-refractivity contribution in [2.24, 2.45) is 0 Å². The van der Waals surface area contributed by atoms with E-state index in [0.29, 0.717) is 10.2 Å². The number of amides is 1. The van der Waals surface area contributed by atoms with Gasteiger partial charge in [0.2, 0.25) is 0 Å². The number of esters is 1. The fraction of sp³-hybridized carbons (Fsp3) is 0.167. The second-order valence-corrected chi connectivity index (χ2v) is 7.34. The Bertz CT molecular complexity index is 1030. The van der Waals surface area contributed by atoms with Crippen LogP contribution >= 0.6 is 0 Å². The van der Waals surface area contributed by atoms with Crippen LogP contribution in [0.1, 0.15) is 15.9 Å². The molecular formula is C18H17N3O6S. The Kier molecular flexibility index (Phi) is 6.84. The normalized spacial score (nSPS) is 10.9. The zero-order valence-corrected chi connectivity index (χ0v) is 15.9. The van der Waals surface area contributed by atoms with Crippen LogP contribution in [0.25, 0.3) is 0 Å². The molecule has 2 rings (SSSR count). The lowest BCUT2D eigenvalue weighted by molar-refractivity contribution is -0.119. The summed E-state index contributed by atoms with van der Waals surface area (Å²) in [6.45, 7) is -0.604. The molecule has 9 nitrogen and oxygen atoms in total. The molecule has 0 heterocycles. The molecule has 2 aromatic carbocycles. The highest BCUT2D eigenvalue weighted by molar-refractivity contribution is 7.89. The van der Waals surface area contributed by atoms with Gasteiger partial charge in [0, 0.05) is 7.05 Å². The Morgan fingerprint density at radius 3 is 2.57 bits per heavy atom. The number of hydroxylamine groups is 1. The third kappa shape index (κ3) is 4.92. The van der Waals surface area contributed by atoms with E-state index in [0.717, 1.165) is 6.07 Å². The number of para-hydroxylation sites is 1. The second kappa shape index (κ2) is 9.09. The summed E-state index contributed by atoms with van der Waals surface area (Å²) in [6.07, 6.45) is 0. The maximum Gasteiger partial charge on any atom is 0.338 e. The van der Waals surface area contributed by atoms with E-state index in [2.05, 4.69) is 10.2 Å². The van der Waals surface area contributed by atoms with E-state index in [1.165, 1.54) is 38.4 Å². The van der Waals surface area contributed by atoms with Gasteiger partial charge in [-0.1, -0.05) is 22.7 Å². The second-order valence-electron chi connectivity index (χ2n) is 5.41. The van der Waals surface area contributed by atoms with Crippen molar-refractivity contribution in [3.8, 4) is 6.07 Å². The lowest BCUT2D eigenvalue weighted by Gasteiger charge is -2.14. The van der Waals surface area contributed by atoms with Gasteiger partial charge in [0.05, 0.1) is 28.8 Å². The van der Waals surface area contributed by atoms with Crippen molar-refractivity contribution in [1.29, 1.82) is 5.26 Å². The third-order valence-electron chi connectivity index (χ3n) is 3.62. The first-order chi connectivity index (χ1) is 13.3. The minimum Gasteiger partial charge on any atom is -0.452 e. The molecule has 0 aliphatic heterocycles. The molecule has 0 aliphatic rings. The molecule has 0 fully saturated rings. The van der Waals surface area contributed by atoms with E-state index in [1.54, 1.807) is 18.2 Å². The topological polar surface area (TPSA) is 126 Å². The van der Waals surface area contributed by atoms with Crippen molar-refractivity contribution >= 4 is 27.6 Å². The summed E-state index contributed by atoms with van der Waals surface area (Å²) in [5.74, 6) is -1.51. The van der Waals surface area contributed by atoms with Crippen LogP contribution in [0, 0.1) is 11.3 Å². The van der Waals surface area contributed by atoms with Crippen LogP contribution in [0.3, 0.4) is 0 Å². The number of nitriles is 1. The van der Waals surface area contributed by atoms with Crippen molar-refractivity contribution in [3.63, 3.8) is 0 Å². The zero-order chi connectivity index (χ0) is 20.7. The number of hydrogen-bond acceptors (Lipinski definition) is 7. The molecule has 0 atom stereocenters. The molecule has 2 aromatic rings. The van der Waals surface area contributed by atoms with Gasteiger partial charge in [-0.2, -0.15) is 5.26 Å². The predicted molar refractivity (Wildman–Crippen MR) is 98.5 cm³/mol. The number of carbonyl (C=O) groups is 2. The highest BCUT2D eigenvalue weighted by Gasteiger charge is 2.22. The van der Waals surface area contributed by atoms with Crippen molar-refractivity contribution < 1.29 is 27.6 Å². The van der Waals surface area contributed by atoms with Crippen molar-refractivity contribution in [3.05, 3.63) is 59.7 Å². The fourth-order valence-corrected chi connectivity index (χ4v) is 3.14. The molecule has 1 N–H and O–H groups in total. The van der Waals surface area contributed by atoms with E-state index >= 15 is 0 Å². The third-order valence-corrected chi connectivity index (χ3v) is 5.29. The molecule has 1 amide bonds. The van der Waals surface area contributed by atoms with Gasteiger partial charge in [0.25, 0.3) is 15.9 Å². The number of sulfonamides is 1. The zero-order valence-electron chi connectivity index (χ0n) is 15.1. The maximum atomic E-state index is 12.2. The maximum absolute atomic E-state index is 12.2. The summed E-state index contributed by atoms with van der Waals surface area (Å²) in [4.78, 5) is 28.6. The number of anilines is 1. The Morgan fingerprint density at radius 1 is 1.18 bits per heavy atom. The number of rotatable bonds is 7. The monoisotopic (exact) mass is 403 g/mol. The average Bonchev–Trinajstić information content (AvgIpc) is 2.71. The lowest BCUT2D eigenvalue weighted by atomic mass is 10.2. The molecule has 0 bridgehead atoms. The summed E-state index contributed by atoms with van der Waals surface area (Å²) in [5.41, 5.74) is 0.514. The first-order valence-corrected chi connectivity index (χ1v) is 9.33. The first-order valence-electron chi connectivity index (χ1n) is 7.88. The van der Waals surface area contributed by atoms with E-state index in [1.807, 2.05) is 6.07 Å². The fourth-order valence-electron chi connectivity index (χ4n) is 2.12. The van der Waals surface area contributed by atoms with Crippen molar-refractivity contribution in [2.45, 2.75) is 4.90 Å². The van der Waals surface area contributed by atoms with Crippen LogP contribution in [0.4, 0.5) is 5.69 Å².